The summed E-state index contributed by atoms with van der Waals surface area (Å²) < 4.78 is 12.7. The molecule has 11 aromatic carbocycles. The number of hydrogen-bond acceptors (Lipinski definition) is 2. The molecule has 0 fully saturated rings. The molecule has 65 heavy (non-hydrogen) atoms. The summed E-state index contributed by atoms with van der Waals surface area (Å²) in [4.78, 5) is 0. The van der Waals surface area contributed by atoms with E-state index in [1.54, 1.807) is 0 Å². The number of fused-ring (bicyclic) bond motifs is 13. The maximum Gasteiger partial charge on any atom is 0.135 e. The molecule has 0 N–H and O–H groups in total. The van der Waals surface area contributed by atoms with E-state index in [4.69, 9.17) is 8.83 Å². The van der Waals surface area contributed by atoms with Gasteiger partial charge < -0.3 is 8.83 Å². The average molecular weight is 829 g/mol. The third-order valence-corrected chi connectivity index (χ3v) is 14.4. The van der Waals surface area contributed by atoms with Crippen molar-refractivity contribution in [1.29, 1.82) is 0 Å². The van der Waals surface area contributed by atoms with Gasteiger partial charge in [0.15, 0.2) is 0 Å². The quantitative estimate of drug-likeness (QED) is 0.165. The second-order valence-electron chi connectivity index (χ2n) is 18.3. The Labute approximate surface area is 375 Å². The molecule has 0 aliphatic heterocycles. The molecule has 0 amide bonds. The smallest absolute Gasteiger partial charge is 0.135 e. The first-order valence-electron chi connectivity index (χ1n) is 22.6. The van der Waals surface area contributed by atoms with E-state index in [2.05, 4.69) is 208 Å². The van der Waals surface area contributed by atoms with Crippen LogP contribution in [0, 0.1) is 0 Å². The zero-order valence-electron chi connectivity index (χ0n) is 35.9. The fourth-order valence-electron chi connectivity index (χ4n) is 11.3. The highest BCUT2D eigenvalue weighted by Gasteiger charge is 2.36. The Hall–Kier alpha value is -8.20. The van der Waals surface area contributed by atoms with Crippen molar-refractivity contribution in [2.24, 2.45) is 0 Å². The summed E-state index contributed by atoms with van der Waals surface area (Å²) in [6.07, 6.45) is 0. The van der Waals surface area contributed by atoms with Gasteiger partial charge in [-0.3, -0.25) is 0 Å². The van der Waals surface area contributed by atoms with Gasteiger partial charge in [-0.05, 0) is 154 Å². The van der Waals surface area contributed by atoms with Gasteiger partial charge in [-0.2, -0.15) is 0 Å². The van der Waals surface area contributed by atoms with Crippen LogP contribution in [0.1, 0.15) is 25.0 Å². The maximum absolute atomic E-state index is 6.56. The Morgan fingerprint density at radius 2 is 0.708 bits per heavy atom. The zero-order valence-corrected chi connectivity index (χ0v) is 35.9. The Kier molecular flexibility index (Phi) is 7.49. The molecule has 0 bridgehead atoms. The minimum absolute atomic E-state index is 0.0721. The highest BCUT2D eigenvalue weighted by molar-refractivity contribution is 6.22. The van der Waals surface area contributed by atoms with Gasteiger partial charge in [0.05, 0.1) is 0 Å². The molecule has 2 aromatic heterocycles. The summed E-state index contributed by atoms with van der Waals surface area (Å²) in [5.74, 6) is 0. The normalized spacial score (nSPS) is 13.2. The summed E-state index contributed by atoms with van der Waals surface area (Å²) in [7, 11) is 0. The van der Waals surface area contributed by atoms with E-state index < -0.39 is 0 Å². The van der Waals surface area contributed by atoms with E-state index in [-0.39, 0.29) is 5.41 Å². The number of para-hydroxylation sites is 1. The van der Waals surface area contributed by atoms with Crippen LogP contribution in [0.3, 0.4) is 0 Å². The monoisotopic (exact) mass is 828 g/mol. The summed E-state index contributed by atoms with van der Waals surface area (Å²) in [5.41, 5.74) is 18.6. The molecule has 1 aliphatic rings. The molecule has 0 saturated carbocycles. The molecular formula is C63H40O2. The van der Waals surface area contributed by atoms with E-state index in [0.29, 0.717) is 0 Å². The first-order valence-corrected chi connectivity index (χ1v) is 22.6. The molecule has 0 unspecified atom stereocenters. The van der Waals surface area contributed by atoms with Crippen LogP contribution in [0.2, 0.25) is 0 Å². The fraction of sp³-hybridized carbons (Fsp3) is 0.0476. The number of furan rings is 2. The standard InChI is InChI=1S/C63H40O2/c1-63(2)54-27-23-39(35-53(54)62-44-15-4-3-12-37(44)22-28-55(62)63)41-25-30-58-51(34-41)52-36-43(26-31-59(52)65-58)61-48-19-7-5-17-46(48)60(47-18-6-8-20-49(47)61)42-14-11-13-38(32-42)40-24-29-57-50(33-40)45-16-9-10-21-56(45)64-57/h3-36H,1-2H3. The van der Waals surface area contributed by atoms with Crippen LogP contribution in [0.5, 0.6) is 0 Å². The Morgan fingerprint density at radius 3 is 1.35 bits per heavy atom. The first kappa shape index (κ1) is 36.3. The van der Waals surface area contributed by atoms with E-state index in [1.807, 2.05) is 12.1 Å². The number of hydrogen-bond donors (Lipinski definition) is 0. The molecule has 1 aliphatic carbocycles. The lowest BCUT2D eigenvalue weighted by Crippen LogP contribution is -2.14. The highest BCUT2D eigenvalue weighted by Crippen LogP contribution is 2.53. The molecule has 0 atom stereocenters. The van der Waals surface area contributed by atoms with Crippen LogP contribution in [0.15, 0.2) is 215 Å². The first-order chi connectivity index (χ1) is 32.0. The molecule has 304 valence electrons. The van der Waals surface area contributed by atoms with Gasteiger partial charge in [-0.15, -0.1) is 0 Å². The van der Waals surface area contributed by atoms with Crippen molar-refractivity contribution in [3.63, 3.8) is 0 Å². The average Bonchev–Trinajstić information content (AvgIpc) is 3.99. The van der Waals surface area contributed by atoms with E-state index in [0.717, 1.165) is 43.9 Å². The van der Waals surface area contributed by atoms with Crippen molar-refractivity contribution in [3.8, 4) is 55.6 Å². The minimum Gasteiger partial charge on any atom is -0.456 e. The van der Waals surface area contributed by atoms with Crippen molar-refractivity contribution in [2.75, 3.05) is 0 Å². The molecule has 13 aromatic rings. The second kappa shape index (κ2) is 13.4. The van der Waals surface area contributed by atoms with Crippen molar-refractivity contribution >= 4 is 76.2 Å². The van der Waals surface area contributed by atoms with E-state index in [1.165, 1.54) is 99.1 Å². The van der Waals surface area contributed by atoms with Gasteiger partial charge >= 0.3 is 0 Å². The molecule has 2 heteroatoms. The largest absolute Gasteiger partial charge is 0.456 e. The second-order valence-corrected chi connectivity index (χ2v) is 18.3. The predicted molar refractivity (Wildman–Crippen MR) is 273 cm³/mol. The molecular weight excluding hydrogens is 789 g/mol. The van der Waals surface area contributed by atoms with Gasteiger partial charge in [-0.25, -0.2) is 0 Å². The lowest BCUT2D eigenvalue weighted by Gasteiger charge is -2.21. The number of rotatable bonds is 4. The summed E-state index contributed by atoms with van der Waals surface area (Å²) in [6.45, 7) is 4.72. The fourth-order valence-corrected chi connectivity index (χ4v) is 11.3. The molecule has 0 saturated heterocycles. The lowest BCUT2D eigenvalue weighted by molar-refractivity contribution is 0.661. The topological polar surface area (TPSA) is 26.3 Å². The minimum atomic E-state index is -0.0721. The van der Waals surface area contributed by atoms with Gasteiger partial charge in [0, 0.05) is 27.0 Å². The third-order valence-electron chi connectivity index (χ3n) is 14.4. The molecule has 2 nitrogen and oxygen atoms in total. The molecule has 14 rings (SSSR count). The van der Waals surface area contributed by atoms with Crippen LogP contribution in [-0.4, -0.2) is 0 Å². The van der Waals surface area contributed by atoms with E-state index >= 15 is 0 Å². The van der Waals surface area contributed by atoms with Gasteiger partial charge in [0.1, 0.15) is 22.3 Å². The number of benzene rings is 11. The van der Waals surface area contributed by atoms with E-state index in [9.17, 15) is 0 Å². The van der Waals surface area contributed by atoms with Gasteiger partial charge in [0.2, 0.25) is 0 Å². The van der Waals surface area contributed by atoms with Gasteiger partial charge in [0.25, 0.3) is 0 Å². The lowest BCUT2D eigenvalue weighted by atomic mass is 9.82. The van der Waals surface area contributed by atoms with Crippen molar-refractivity contribution in [2.45, 2.75) is 19.3 Å². The van der Waals surface area contributed by atoms with Crippen molar-refractivity contribution < 1.29 is 8.83 Å². The van der Waals surface area contributed by atoms with Crippen LogP contribution in [-0.2, 0) is 5.41 Å². The summed E-state index contributed by atoms with van der Waals surface area (Å²) in [5, 5.41) is 12.0. The van der Waals surface area contributed by atoms with Crippen LogP contribution in [0.4, 0.5) is 0 Å². The summed E-state index contributed by atoms with van der Waals surface area (Å²) >= 11 is 0. The van der Waals surface area contributed by atoms with Crippen molar-refractivity contribution in [3.05, 3.63) is 217 Å². The maximum atomic E-state index is 6.56. The van der Waals surface area contributed by atoms with Gasteiger partial charge in [-0.1, -0.05) is 166 Å². The third kappa shape index (κ3) is 5.29. The Morgan fingerprint density at radius 1 is 0.277 bits per heavy atom. The Balaban J connectivity index is 0.911. The molecule has 0 radical (unpaired) electrons. The SMILES string of the molecule is CC1(C)c2ccc(-c3ccc4oc5ccc(-c6c7ccccc7c(-c7cccc(-c8ccc9oc%10ccccc%10c9c8)c7)c7ccccc67)cc5c4c3)cc2-c2c1ccc1ccccc21. The van der Waals surface area contributed by atoms with Crippen LogP contribution in [0.25, 0.3) is 132 Å². The van der Waals surface area contributed by atoms with Crippen molar-refractivity contribution in [1.82, 2.24) is 0 Å². The highest BCUT2D eigenvalue weighted by atomic mass is 16.3. The van der Waals surface area contributed by atoms with Crippen LogP contribution < -0.4 is 0 Å². The predicted octanol–water partition coefficient (Wildman–Crippen LogP) is 17.9. The summed E-state index contributed by atoms with van der Waals surface area (Å²) in [6, 6.07) is 75.6. The Bertz CT molecular complexity index is 4100. The molecule has 2 heterocycles. The zero-order chi connectivity index (χ0) is 43.0. The van der Waals surface area contributed by atoms with Crippen LogP contribution >= 0.6 is 0 Å². The molecule has 0 spiro atoms.